The Balaban J connectivity index is 2.22. The van der Waals surface area contributed by atoms with E-state index < -0.39 is 6.29 Å². The van der Waals surface area contributed by atoms with E-state index in [9.17, 15) is 0 Å². The zero-order valence-corrected chi connectivity index (χ0v) is 11.7. The number of rotatable bonds is 6. The van der Waals surface area contributed by atoms with E-state index in [1.54, 1.807) is 10.9 Å². The van der Waals surface area contributed by atoms with Crippen LogP contribution in [-0.2, 0) is 9.47 Å². The highest BCUT2D eigenvalue weighted by Crippen LogP contribution is 2.19. The molecule has 0 aliphatic rings. The molecule has 0 N–H and O–H groups in total. The first kappa shape index (κ1) is 14.0. The second kappa shape index (κ2) is 6.65. The number of hydrogen-bond donors (Lipinski definition) is 0. The molecule has 0 unspecified atom stereocenters. The highest BCUT2D eigenvalue weighted by atomic mass is 35.5. The first-order chi connectivity index (χ1) is 9.24. The number of nitrogens with zero attached hydrogens (tertiary/aromatic N) is 3. The van der Waals surface area contributed by atoms with E-state index in [2.05, 4.69) is 10.3 Å². The zero-order valence-electron chi connectivity index (χ0n) is 10.9. The van der Waals surface area contributed by atoms with Crippen molar-refractivity contribution in [1.82, 2.24) is 15.0 Å². The lowest BCUT2D eigenvalue weighted by Gasteiger charge is -2.13. The van der Waals surface area contributed by atoms with Gasteiger partial charge in [-0.15, -0.1) is 5.10 Å². The van der Waals surface area contributed by atoms with Gasteiger partial charge < -0.3 is 9.47 Å². The molecule has 0 radical (unpaired) electrons. The van der Waals surface area contributed by atoms with Gasteiger partial charge in [0, 0.05) is 18.2 Å². The fourth-order valence-corrected chi connectivity index (χ4v) is 1.84. The maximum atomic E-state index is 5.95. The van der Waals surface area contributed by atoms with Crippen molar-refractivity contribution in [2.75, 3.05) is 13.2 Å². The van der Waals surface area contributed by atoms with E-state index in [-0.39, 0.29) is 0 Å². The number of hydrogen-bond acceptors (Lipinski definition) is 4. The van der Waals surface area contributed by atoms with Crippen LogP contribution in [0.15, 0.2) is 30.5 Å². The first-order valence-corrected chi connectivity index (χ1v) is 6.53. The molecule has 6 heteroatoms. The molecule has 0 spiro atoms. The Morgan fingerprint density at radius 3 is 2.63 bits per heavy atom. The molecule has 0 amide bonds. The van der Waals surface area contributed by atoms with Crippen LogP contribution in [-0.4, -0.2) is 28.2 Å². The second-order valence-electron chi connectivity index (χ2n) is 3.81. The van der Waals surface area contributed by atoms with Crippen LogP contribution >= 0.6 is 11.6 Å². The summed E-state index contributed by atoms with van der Waals surface area (Å²) in [7, 11) is 0. The molecule has 102 valence electrons. The Kier molecular flexibility index (Phi) is 4.90. The summed E-state index contributed by atoms with van der Waals surface area (Å²) >= 11 is 5.95. The number of ether oxygens (including phenoxy) is 2. The van der Waals surface area contributed by atoms with Crippen molar-refractivity contribution in [3.05, 3.63) is 41.2 Å². The van der Waals surface area contributed by atoms with E-state index in [1.165, 1.54) is 0 Å². The molecule has 1 aromatic carbocycles. The molecule has 0 bridgehead atoms. The predicted molar refractivity (Wildman–Crippen MR) is 72.4 cm³/mol. The number of halogens is 1. The van der Waals surface area contributed by atoms with E-state index in [4.69, 9.17) is 21.1 Å². The largest absolute Gasteiger partial charge is 0.347 e. The quantitative estimate of drug-likeness (QED) is 0.764. The van der Waals surface area contributed by atoms with Gasteiger partial charge in [0.05, 0.1) is 11.9 Å². The minimum atomic E-state index is -0.483. The first-order valence-electron chi connectivity index (χ1n) is 6.16. The lowest BCUT2D eigenvalue weighted by atomic mass is 10.3. The lowest BCUT2D eigenvalue weighted by molar-refractivity contribution is -0.142. The summed E-state index contributed by atoms with van der Waals surface area (Å²) in [6.45, 7) is 4.92. The van der Waals surface area contributed by atoms with Crippen molar-refractivity contribution >= 4 is 11.6 Å². The summed E-state index contributed by atoms with van der Waals surface area (Å²) in [5.74, 6) is 0. The van der Waals surface area contributed by atoms with Gasteiger partial charge in [0.1, 0.15) is 5.69 Å². The minimum Gasteiger partial charge on any atom is -0.347 e. The van der Waals surface area contributed by atoms with Gasteiger partial charge in [-0.25, -0.2) is 4.68 Å². The third-order valence-electron chi connectivity index (χ3n) is 2.46. The lowest BCUT2D eigenvalue weighted by Crippen LogP contribution is -2.09. The normalized spacial score (nSPS) is 11.2. The molecule has 19 heavy (non-hydrogen) atoms. The molecule has 2 rings (SSSR count). The van der Waals surface area contributed by atoms with E-state index >= 15 is 0 Å². The maximum Gasteiger partial charge on any atom is 0.204 e. The Morgan fingerprint density at radius 2 is 2.00 bits per heavy atom. The fourth-order valence-electron chi connectivity index (χ4n) is 1.65. The molecule has 0 aliphatic carbocycles. The standard InChI is InChI=1S/C13H16ClN3O2/c1-3-18-13(19-4-2)12-9-17(16-15-12)11-7-5-6-10(14)8-11/h5-9,13H,3-4H2,1-2H3. The predicted octanol–water partition coefficient (Wildman–Crippen LogP) is 2.99. The van der Waals surface area contributed by atoms with Gasteiger partial charge in [-0.05, 0) is 32.0 Å². The van der Waals surface area contributed by atoms with Crippen LogP contribution in [0, 0.1) is 0 Å². The van der Waals surface area contributed by atoms with Gasteiger partial charge in [-0.1, -0.05) is 22.9 Å². The third-order valence-corrected chi connectivity index (χ3v) is 2.70. The van der Waals surface area contributed by atoms with E-state index in [1.807, 2.05) is 38.1 Å². The van der Waals surface area contributed by atoms with Gasteiger partial charge in [0.25, 0.3) is 0 Å². The highest BCUT2D eigenvalue weighted by molar-refractivity contribution is 6.30. The Bertz CT molecular complexity index is 524. The molecule has 0 atom stereocenters. The maximum absolute atomic E-state index is 5.95. The molecule has 0 fully saturated rings. The summed E-state index contributed by atoms with van der Waals surface area (Å²) in [6.07, 6.45) is 1.30. The minimum absolute atomic E-state index is 0.483. The van der Waals surface area contributed by atoms with Gasteiger partial charge >= 0.3 is 0 Å². The number of benzene rings is 1. The van der Waals surface area contributed by atoms with Crippen molar-refractivity contribution in [2.24, 2.45) is 0 Å². The van der Waals surface area contributed by atoms with Crippen molar-refractivity contribution in [3.8, 4) is 5.69 Å². The van der Waals surface area contributed by atoms with Gasteiger partial charge in [0.2, 0.25) is 6.29 Å². The summed E-state index contributed by atoms with van der Waals surface area (Å²) < 4.78 is 12.6. The van der Waals surface area contributed by atoms with Crippen LogP contribution in [0.5, 0.6) is 0 Å². The Labute approximate surface area is 117 Å². The fraction of sp³-hybridized carbons (Fsp3) is 0.385. The average molecular weight is 282 g/mol. The van der Waals surface area contributed by atoms with Crippen LogP contribution in [0.2, 0.25) is 5.02 Å². The van der Waals surface area contributed by atoms with Gasteiger partial charge in [-0.3, -0.25) is 0 Å². The van der Waals surface area contributed by atoms with E-state index in [0.29, 0.717) is 23.9 Å². The van der Waals surface area contributed by atoms with Gasteiger partial charge in [-0.2, -0.15) is 0 Å². The smallest absolute Gasteiger partial charge is 0.204 e. The van der Waals surface area contributed by atoms with Crippen LogP contribution in [0.3, 0.4) is 0 Å². The number of aromatic nitrogens is 3. The topological polar surface area (TPSA) is 49.2 Å². The molecule has 2 aromatic rings. The summed E-state index contributed by atoms with van der Waals surface area (Å²) in [6, 6.07) is 7.39. The van der Waals surface area contributed by atoms with Crippen LogP contribution in [0.25, 0.3) is 5.69 Å². The molecule has 0 aliphatic heterocycles. The van der Waals surface area contributed by atoms with E-state index in [0.717, 1.165) is 5.69 Å². The summed E-state index contributed by atoms with van der Waals surface area (Å²) in [5.41, 5.74) is 1.49. The van der Waals surface area contributed by atoms with Crippen molar-refractivity contribution in [2.45, 2.75) is 20.1 Å². The van der Waals surface area contributed by atoms with Crippen LogP contribution in [0.1, 0.15) is 25.8 Å². The average Bonchev–Trinajstić information content (AvgIpc) is 2.88. The highest BCUT2D eigenvalue weighted by Gasteiger charge is 2.16. The van der Waals surface area contributed by atoms with Crippen molar-refractivity contribution < 1.29 is 9.47 Å². The second-order valence-corrected chi connectivity index (χ2v) is 4.25. The summed E-state index contributed by atoms with van der Waals surface area (Å²) in [4.78, 5) is 0. The van der Waals surface area contributed by atoms with Crippen molar-refractivity contribution in [1.29, 1.82) is 0 Å². The van der Waals surface area contributed by atoms with Gasteiger partial charge in [0.15, 0.2) is 0 Å². The van der Waals surface area contributed by atoms with Crippen LogP contribution < -0.4 is 0 Å². The molecular formula is C13H16ClN3O2. The monoisotopic (exact) mass is 281 g/mol. The molecule has 1 heterocycles. The zero-order chi connectivity index (χ0) is 13.7. The molecule has 0 saturated carbocycles. The molecular weight excluding hydrogens is 266 g/mol. The Morgan fingerprint density at radius 1 is 1.26 bits per heavy atom. The summed E-state index contributed by atoms with van der Waals surface area (Å²) in [5, 5.41) is 8.79. The van der Waals surface area contributed by atoms with Crippen molar-refractivity contribution in [3.63, 3.8) is 0 Å². The van der Waals surface area contributed by atoms with Crippen LogP contribution in [0.4, 0.5) is 0 Å². The SMILES string of the molecule is CCOC(OCC)c1cn(-c2cccc(Cl)c2)nn1. The molecule has 5 nitrogen and oxygen atoms in total. The Hall–Kier alpha value is -1.43. The molecule has 1 aromatic heterocycles. The third kappa shape index (κ3) is 3.53. The molecule has 0 saturated heterocycles.